The number of amides is 1. The largest absolute Gasteiger partial charge is 0.508 e. The highest BCUT2D eigenvalue weighted by molar-refractivity contribution is 7.14. The molecule has 0 saturated carbocycles. The molecule has 158 valence electrons. The first-order valence-electron chi connectivity index (χ1n) is 9.74. The molecular formula is C23H20N2O5S. The van der Waals surface area contributed by atoms with Crippen molar-refractivity contribution in [2.45, 2.75) is 19.4 Å². The van der Waals surface area contributed by atoms with E-state index in [0.29, 0.717) is 28.6 Å². The Hall–Kier alpha value is -3.65. The summed E-state index contributed by atoms with van der Waals surface area (Å²) in [4.78, 5) is 31.4. The molecule has 1 amide bonds. The summed E-state index contributed by atoms with van der Waals surface area (Å²) in [7, 11) is 0. The average Bonchev–Trinajstić information content (AvgIpc) is 3.39. The molecule has 1 saturated heterocycles. The van der Waals surface area contributed by atoms with E-state index in [4.69, 9.17) is 4.74 Å². The first kappa shape index (κ1) is 20.6. The van der Waals surface area contributed by atoms with E-state index < -0.39 is 17.7 Å². The van der Waals surface area contributed by atoms with Crippen LogP contribution in [0.15, 0.2) is 65.7 Å². The molecule has 2 N–H and O–H groups in total. The molecule has 1 aliphatic heterocycles. The number of phenols is 1. The van der Waals surface area contributed by atoms with Crippen LogP contribution in [0.3, 0.4) is 0 Å². The Bertz CT molecular complexity index is 1140. The van der Waals surface area contributed by atoms with Crippen molar-refractivity contribution in [3.05, 3.63) is 76.8 Å². The highest BCUT2D eigenvalue weighted by Crippen LogP contribution is 2.43. The standard InChI is InChI=1S/C23H20N2O5S/c1-2-11-30-17-5-3-4-15(13-17)20(27)18-19(14-6-8-16(26)9-7-14)25(22(29)21(18)28)23-24-10-12-31-23/h3-10,12-13,19,26-27H,2,11H2,1H3/b20-18+. The van der Waals surface area contributed by atoms with E-state index in [1.54, 1.807) is 48.0 Å². The summed E-state index contributed by atoms with van der Waals surface area (Å²) in [5, 5.41) is 22.8. The van der Waals surface area contributed by atoms with Gasteiger partial charge in [0.25, 0.3) is 5.78 Å². The lowest BCUT2D eigenvalue weighted by Crippen LogP contribution is -2.29. The quantitative estimate of drug-likeness (QED) is 0.340. The average molecular weight is 436 g/mol. The number of hydrogen-bond donors (Lipinski definition) is 2. The minimum absolute atomic E-state index is 0.0430. The van der Waals surface area contributed by atoms with Crippen molar-refractivity contribution in [1.82, 2.24) is 4.98 Å². The Morgan fingerprint density at radius 1 is 1.19 bits per heavy atom. The van der Waals surface area contributed by atoms with Gasteiger partial charge in [-0.05, 0) is 36.2 Å². The van der Waals surface area contributed by atoms with Crippen LogP contribution in [0.1, 0.15) is 30.5 Å². The first-order valence-corrected chi connectivity index (χ1v) is 10.6. The monoisotopic (exact) mass is 436 g/mol. The lowest BCUT2D eigenvalue weighted by Gasteiger charge is -2.23. The number of aromatic hydroxyl groups is 1. The number of carbonyl (C=O) groups is 2. The first-order chi connectivity index (χ1) is 15.0. The highest BCUT2D eigenvalue weighted by atomic mass is 32.1. The van der Waals surface area contributed by atoms with Crippen LogP contribution in [0, 0.1) is 0 Å². The normalized spacial score (nSPS) is 17.8. The third-order valence-electron chi connectivity index (χ3n) is 4.86. The lowest BCUT2D eigenvalue weighted by molar-refractivity contribution is -0.132. The predicted octanol–water partition coefficient (Wildman–Crippen LogP) is 4.26. The summed E-state index contributed by atoms with van der Waals surface area (Å²) in [5.41, 5.74) is 0.889. The molecule has 0 radical (unpaired) electrons. The molecular weight excluding hydrogens is 416 g/mol. The number of ketones is 1. The van der Waals surface area contributed by atoms with E-state index in [-0.39, 0.29) is 17.1 Å². The number of phenolic OH excluding ortho intramolecular Hbond substituents is 1. The summed E-state index contributed by atoms with van der Waals surface area (Å²) >= 11 is 1.22. The number of benzene rings is 2. The van der Waals surface area contributed by atoms with Crippen molar-refractivity contribution >= 4 is 33.9 Å². The molecule has 7 nitrogen and oxygen atoms in total. The number of aromatic nitrogens is 1. The molecule has 1 aliphatic rings. The van der Waals surface area contributed by atoms with Gasteiger partial charge in [0.1, 0.15) is 17.3 Å². The Kier molecular flexibility index (Phi) is 5.73. The second-order valence-corrected chi connectivity index (χ2v) is 7.82. The molecule has 1 unspecified atom stereocenters. The van der Waals surface area contributed by atoms with Gasteiger partial charge < -0.3 is 14.9 Å². The molecule has 4 rings (SSSR count). The number of Topliss-reactive ketones (excluding diaryl/α,β-unsaturated/α-hetero) is 1. The number of rotatable bonds is 6. The molecule has 1 aromatic heterocycles. The summed E-state index contributed by atoms with van der Waals surface area (Å²) in [5.74, 6) is -1.26. The van der Waals surface area contributed by atoms with Crippen molar-refractivity contribution in [2.24, 2.45) is 0 Å². The smallest absolute Gasteiger partial charge is 0.301 e. The number of hydrogen-bond acceptors (Lipinski definition) is 7. The predicted molar refractivity (Wildman–Crippen MR) is 117 cm³/mol. The highest BCUT2D eigenvalue weighted by Gasteiger charge is 2.47. The topological polar surface area (TPSA) is 100.0 Å². The molecule has 8 heteroatoms. The van der Waals surface area contributed by atoms with Crippen LogP contribution in [0.2, 0.25) is 0 Å². The minimum atomic E-state index is -0.882. The van der Waals surface area contributed by atoms with Crippen molar-refractivity contribution in [3.8, 4) is 11.5 Å². The third kappa shape index (κ3) is 3.89. The van der Waals surface area contributed by atoms with Crippen LogP contribution in [0.4, 0.5) is 5.13 Å². The van der Waals surface area contributed by atoms with E-state index in [0.717, 1.165) is 6.42 Å². The van der Waals surface area contributed by atoms with Gasteiger partial charge in [-0.1, -0.05) is 31.2 Å². The molecule has 0 bridgehead atoms. The fourth-order valence-corrected chi connectivity index (χ4v) is 4.11. The van der Waals surface area contributed by atoms with Gasteiger partial charge in [0.05, 0.1) is 18.2 Å². The fourth-order valence-electron chi connectivity index (χ4n) is 3.45. The van der Waals surface area contributed by atoms with Crippen molar-refractivity contribution in [1.29, 1.82) is 0 Å². The number of anilines is 1. The van der Waals surface area contributed by atoms with Crippen LogP contribution >= 0.6 is 11.3 Å². The van der Waals surface area contributed by atoms with Crippen LogP contribution in [0.5, 0.6) is 11.5 Å². The van der Waals surface area contributed by atoms with Gasteiger partial charge in [0.15, 0.2) is 5.13 Å². The maximum atomic E-state index is 13.0. The van der Waals surface area contributed by atoms with Gasteiger partial charge >= 0.3 is 5.91 Å². The molecule has 1 fully saturated rings. The summed E-state index contributed by atoms with van der Waals surface area (Å²) in [6.45, 7) is 2.51. The molecule has 31 heavy (non-hydrogen) atoms. The maximum absolute atomic E-state index is 13.0. The number of thiazole rings is 1. The minimum Gasteiger partial charge on any atom is -0.508 e. The zero-order valence-corrected chi connectivity index (χ0v) is 17.5. The second kappa shape index (κ2) is 8.61. The van der Waals surface area contributed by atoms with E-state index in [2.05, 4.69) is 4.98 Å². The molecule has 0 aliphatic carbocycles. The SMILES string of the molecule is CCCOc1cccc(/C(O)=C2\C(=O)C(=O)N(c3nccs3)C2c2ccc(O)cc2)c1. The van der Waals surface area contributed by atoms with Crippen LogP contribution in [-0.2, 0) is 9.59 Å². The summed E-state index contributed by atoms with van der Waals surface area (Å²) < 4.78 is 5.63. The number of nitrogens with zero attached hydrogens (tertiary/aromatic N) is 2. The van der Waals surface area contributed by atoms with Gasteiger partial charge in [0, 0.05) is 17.1 Å². The van der Waals surface area contributed by atoms with Gasteiger partial charge in [0.2, 0.25) is 0 Å². The Labute approximate surface area is 182 Å². The Balaban J connectivity index is 1.86. The van der Waals surface area contributed by atoms with E-state index in [1.165, 1.54) is 28.4 Å². The number of aliphatic hydroxyl groups excluding tert-OH is 1. The maximum Gasteiger partial charge on any atom is 0.301 e. The van der Waals surface area contributed by atoms with Crippen LogP contribution in [-0.4, -0.2) is 33.5 Å². The molecule has 3 aromatic rings. The Morgan fingerprint density at radius 3 is 2.65 bits per heavy atom. The van der Waals surface area contributed by atoms with Gasteiger partial charge in [-0.2, -0.15) is 0 Å². The summed E-state index contributed by atoms with van der Waals surface area (Å²) in [6.07, 6.45) is 2.37. The second-order valence-electron chi connectivity index (χ2n) is 6.95. The molecule has 2 aromatic carbocycles. The van der Waals surface area contributed by atoms with Crippen molar-refractivity contribution < 1.29 is 24.5 Å². The van der Waals surface area contributed by atoms with Gasteiger partial charge in [-0.25, -0.2) is 4.98 Å². The van der Waals surface area contributed by atoms with Crippen molar-refractivity contribution in [2.75, 3.05) is 11.5 Å². The zero-order valence-electron chi connectivity index (χ0n) is 16.7. The van der Waals surface area contributed by atoms with Gasteiger partial charge in [-0.3, -0.25) is 14.5 Å². The molecule has 0 spiro atoms. The van der Waals surface area contributed by atoms with E-state index in [9.17, 15) is 19.8 Å². The summed E-state index contributed by atoms with van der Waals surface area (Å²) in [6, 6.07) is 12.0. The van der Waals surface area contributed by atoms with E-state index >= 15 is 0 Å². The van der Waals surface area contributed by atoms with Crippen LogP contribution < -0.4 is 9.64 Å². The Morgan fingerprint density at radius 2 is 1.97 bits per heavy atom. The number of carbonyl (C=O) groups excluding carboxylic acids is 2. The van der Waals surface area contributed by atoms with Gasteiger partial charge in [-0.15, -0.1) is 11.3 Å². The fraction of sp³-hybridized carbons (Fsp3) is 0.174. The van der Waals surface area contributed by atoms with E-state index in [1.807, 2.05) is 6.92 Å². The molecule has 1 atom stereocenters. The van der Waals surface area contributed by atoms with Crippen LogP contribution in [0.25, 0.3) is 5.76 Å². The zero-order chi connectivity index (χ0) is 22.0. The van der Waals surface area contributed by atoms with Crippen molar-refractivity contribution in [3.63, 3.8) is 0 Å². The molecule has 2 heterocycles. The third-order valence-corrected chi connectivity index (χ3v) is 5.63. The number of ether oxygens (including phenoxy) is 1. The lowest BCUT2D eigenvalue weighted by atomic mass is 9.95. The number of aliphatic hydroxyl groups is 1.